The molecule has 31 heavy (non-hydrogen) atoms. The van der Waals surface area contributed by atoms with Crippen LogP contribution < -0.4 is 5.32 Å². The van der Waals surface area contributed by atoms with Crippen LogP contribution in [0, 0.1) is 0 Å². The summed E-state index contributed by atoms with van der Waals surface area (Å²) in [5.41, 5.74) is 2.28. The number of anilines is 1. The maximum Gasteiger partial charge on any atom is 0.292 e. The molecule has 3 aliphatic heterocycles. The molecule has 3 aliphatic rings. The van der Waals surface area contributed by atoms with Crippen LogP contribution in [0.5, 0.6) is 0 Å². The van der Waals surface area contributed by atoms with Gasteiger partial charge in [-0.2, -0.15) is 0 Å². The number of likely N-dealkylation sites (tertiary alicyclic amines) is 1. The van der Waals surface area contributed by atoms with Crippen molar-refractivity contribution >= 4 is 17.5 Å². The van der Waals surface area contributed by atoms with Crippen molar-refractivity contribution in [3.05, 3.63) is 77.2 Å². The molecule has 2 amide bonds. The summed E-state index contributed by atoms with van der Waals surface area (Å²) < 4.78 is 11.2. The first-order valence-electron chi connectivity index (χ1n) is 10.8. The molecule has 160 valence electrons. The lowest BCUT2D eigenvalue weighted by molar-refractivity contribution is -0.135. The molecule has 2 aromatic carbocycles. The van der Waals surface area contributed by atoms with Crippen LogP contribution in [0.25, 0.3) is 0 Å². The zero-order valence-electron chi connectivity index (χ0n) is 17.6. The van der Waals surface area contributed by atoms with Crippen LogP contribution >= 0.6 is 0 Å². The molecule has 1 spiro atoms. The molecule has 6 heteroatoms. The van der Waals surface area contributed by atoms with Crippen LogP contribution in [-0.4, -0.2) is 42.5 Å². The highest BCUT2D eigenvalue weighted by Crippen LogP contribution is 2.49. The summed E-state index contributed by atoms with van der Waals surface area (Å²) in [5, 5.41) is 3.06. The lowest BCUT2D eigenvalue weighted by Gasteiger charge is -2.35. The molecule has 1 N–H and O–H groups in total. The van der Waals surface area contributed by atoms with Gasteiger partial charge in [0.2, 0.25) is 11.7 Å². The number of fused-ring (bicyclic) bond motifs is 2. The van der Waals surface area contributed by atoms with Gasteiger partial charge >= 0.3 is 0 Å². The van der Waals surface area contributed by atoms with Crippen molar-refractivity contribution in [1.29, 1.82) is 0 Å². The Hall–Kier alpha value is -3.28. The van der Waals surface area contributed by atoms with Crippen LogP contribution in [0.15, 0.2) is 66.1 Å². The summed E-state index contributed by atoms with van der Waals surface area (Å²) in [4.78, 5) is 28.7. The minimum Gasteiger partial charge on any atom is -0.491 e. The summed E-state index contributed by atoms with van der Waals surface area (Å²) in [7, 11) is 0. The van der Waals surface area contributed by atoms with E-state index in [4.69, 9.17) is 9.47 Å². The van der Waals surface area contributed by atoms with Gasteiger partial charge in [-0.25, -0.2) is 0 Å². The molecule has 5 rings (SSSR count). The number of amides is 2. The van der Waals surface area contributed by atoms with Crippen molar-refractivity contribution in [2.45, 2.75) is 37.6 Å². The van der Waals surface area contributed by atoms with Crippen LogP contribution in [0.3, 0.4) is 0 Å². The van der Waals surface area contributed by atoms with Gasteiger partial charge in [0.25, 0.3) is 5.91 Å². The summed E-state index contributed by atoms with van der Waals surface area (Å²) in [6.45, 7) is 3.06. The number of carbonyl (C=O) groups is 2. The summed E-state index contributed by atoms with van der Waals surface area (Å²) in [6.07, 6.45) is 2.06. The van der Waals surface area contributed by atoms with Crippen molar-refractivity contribution in [2.75, 3.05) is 25.1 Å². The van der Waals surface area contributed by atoms with Gasteiger partial charge in [-0.3, -0.25) is 9.59 Å². The number of hydrogen-bond acceptors (Lipinski definition) is 4. The molecule has 0 saturated carbocycles. The number of para-hydroxylation sites is 1. The molecule has 1 saturated heterocycles. The molecule has 2 atom stereocenters. The Labute approximate surface area is 181 Å². The zero-order valence-corrected chi connectivity index (χ0v) is 17.6. The van der Waals surface area contributed by atoms with Gasteiger partial charge in [-0.15, -0.1) is 0 Å². The molecule has 0 aliphatic carbocycles. The lowest BCUT2D eigenvalue weighted by Crippen LogP contribution is -2.49. The Balaban J connectivity index is 1.53. The average Bonchev–Trinajstić information content (AvgIpc) is 3.32. The van der Waals surface area contributed by atoms with E-state index < -0.39 is 5.41 Å². The van der Waals surface area contributed by atoms with Crippen molar-refractivity contribution in [3.8, 4) is 0 Å². The number of rotatable bonds is 4. The zero-order chi connectivity index (χ0) is 21.4. The molecule has 0 bridgehead atoms. The fourth-order valence-electron chi connectivity index (χ4n) is 5.24. The van der Waals surface area contributed by atoms with E-state index >= 15 is 0 Å². The molecule has 3 heterocycles. The Morgan fingerprint density at radius 2 is 1.84 bits per heavy atom. The molecule has 1 fully saturated rings. The van der Waals surface area contributed by atoms with Crippen molar-refractivity contribution in [1.82, 2.24) is 4.90 Å². The lowest BCUT2D eigenvalue weighted by atomic mass is 9.73. The highest BCUT2D eigenvalue weighted by molar-refractivity contribution is 6.08. The topological polar surface area (TPSA) is 67.9 Å². The Kier molecular flexibility index (Phi) is 4.93. The second-order valence-corrected chi connectivity index (χ2v) is 8.34. The quantitative estimate of drug-likeness (QED) is 0.827. The molecular formula is C25H26N2O4. The third-order valence-corrected chi connectivity index (χ3v) is 6.73. The van der Waals surface area contributed by atoms with Crippen LogP contribution in [0.1, 0.15) is 30.9 Å². The normalized spacial score (nSPS) is 24.6. The van der Waals surface area contributed by atoms with Gasteiger partial charge in [0.1, 0.15) is 19.0 Å². The smallest absolute Gasteiger partial charge is 0.292 e. The van der Waals surface area contributed by atoms with Gasteiger partial charge in [-0.1, -0.05) is 48.5 Å². The van der Waals surface area contributed by atoms with Crippen LogP contribution in [0.2, 0.25) is 0 Å². The van der Waals surface area contributed by atoms with Gasteiger partial charge in [0, 0.05) is 12.2 Å². The van der Waals surface area contributed by atoms with E-state index in [0.717, 1.165) is 17.7 Å². The highest BCUT2D eigenvalue weighted by atomic mass is 16.6. The first-order chi connectivity index (χ1) is 15.1. The Morgan fingerprint density at radius 1 is 1.10 bits per heavy atom. The fourth-order valence-corrected chi connectivity index (χ4v) is 5.24. The molecule has 6 nitrogen and oxygen atoms in total. The second-order valence-electron chi connectivity index (χ2n) is 8.34. The molecule has 0 aromatic heterocycles. The number of ether oxygens (including phenoxy) is 2. The number of carbonyl (C=O) groups excluding carboxylic acids is 2. The minimum absolute atomic E-state index is 0.0198. The maximum absolute atomic E-state index is 13.5. The number of nitrogens with zero attached hydrogens (tertiary/aromatic N) is 1. The second kappa shape index (κ2) is 7.76. The minimum atomic E-state index is -0.745. The van der Waals surface area contributed by atoms with E-state index in [0.29, 0.717) is 38.4 Å². The van der Waals surface area contributed by atoms with Gasteiger partial charge in [-0.05, 0) is 43.4 Å². The van der Waals surface area contributed by atoms with E-state index in [-0.39, 0.29) is 23.6 Å². The van der Waals surface area contributed by atoms with Crippen LogP contribution in [0.4, 0.5) is 5.69 Å². The summed E-state index contributed by atoms with van der Waals surface area (Å²) in [5.74, 6) is 0.563. The molecule has 0 radical (unpaired) electrons. The first kappa shape index (κ1) is 19.7. The number of aryl methyl sites for hydroxylation is 1. The predicted molar refractivity (Wildman–Crippen MR) is 116 cm³/mol. The summed E-state index contributed by atoms with van der Waals surface area (Å²) >= 11 is 0. The number of hydrogen-bond donors (Lipinski definition) is 1. The van der Waals surface area contributed by atoms with E-state index in [1.54, 1.807) is 6.92 Å². The van der Waals surface area contributed by atoms with Crippen molar-refractivity contribution < 1.29 is 19.1 Å². The Morgan fingerprint density at radius 3 is 2.65 bits per heavy atom. The number of nitrogens with one attached hydrogen (secondary N) is 1. The maximum atomic E-state index is 13.5. The number of benzene rings is 2. The average molecular weight is 418 g/mol. The van der Waals surface area contributed by atoms with Crippen molar-refractivity contribution in [3.63, 3.8) is 0 Å². The fraction of sp³-hybridized carbons (Fsp3) is 0.360. The summed E-state index contributed by atoms with van der Waals surface area (Å²) in [6, 6.07) is 17.8. The highest BCUT2D eigenvalue weighted by Gasteiger charge is 2.58. The van der Waals surface area contributed by atoms with Crippen LogP contribution in [-0.2, 0) is 30.9 Å². The first-order valence-corrected chi connectivity index (χ1v) is 10.8. The molecule has 0 unspecified atom stereocenters. The standard InChI is InChI=1S/C25H26N2O4/c1-17-22(31-16-15-30-17)23(28)27-14-13-25(19-9-5-6-10-20(19)26-24(25)29)21(27)12-11-18-7-3-2-4-8-18/h2-10,21H,11-16H2,1H3,(H,26,29)/t21-,25-/m0/s1. The van der Waals surface area contributed by atoms with Crippen molar-refractivity contribution in [2.24, 2.45) is 0 Å². The monoisotopic (exact) mass is 418 g/mol. The van der Waals surface area contributed by atoms with E-state index in [9.17, 15) is 9.59 Å². The molecular weight excluding hydrogens is 392 g/mol. The van der Waals surface area contributed by atoms with Gasteiger partial charge in [0.05, 0.1) is 11.5 Å². The van der Waals surface area contributed by atoms with Gasteiger partial charge in [0.15, 0.2) is 0 Å². The SMILES string of the molecule is CC1=C(C(=O)N2CC[C@@]3(C(=O)Nc4ccccc43)[C@@H]2CCc2ccccc2)OCCO1. The van der Waals surface area contributed by atoms with Gasteiger partial charge < -0.3 is 19.7 Å². The molecule has 2 aromatic rings. The van der Waals surface area contributed by atoms with E-state index in [1.165, 1.54) is 5.56 Å². The Bertz CT molecular complexity index is 1050. The van der Waals surface area contributed by atoms with E-state index in [2.05, 4.69) is 17.4 Å². The van der Waals surface area contributed by atoms with E-state index in [1.807, 2.05) is 47.4 Å². The predicted octanol–water partition coefficient (Wildman–Crippen LogP) is 3.39. The number of allylic oxidation sites excluding steroid dienone is 1. The third kappa shape index (κ3) is 3.17. The largest absolute Gasteiger partial charge is 0.491 e. The third-order valence-electron chi connectivity index (χ3n) is 6.73.